The Morgan fingerprint density at radius 3 is 2.67 bits per heavy atom. The van der Waals surface area contributed by atoms with E-state index in [1.54, 1.807) is 0 Å². The monoisotopic (exact) mass is 222 g/mol. The Bertz CT molecular complexity index is 391. The van der Waals surface area contributed by atoms with E-state index in [1.807, 2.05) is 39.0 Å². The number of nitriles is 1. The minimum atomic E-state index is -0.355. The van der Waals surface area contributed by atoms with E-state index in [0.29, 0.717) is 6.54 Å². The highest BCUT2D eigenvalue weighted by atomic mass is 35.5. The number of aryl methyl sites for hydroxylation is 1. The van der Waals surface area contributed by atoms with Gasteiger partial charge < -0.3 is 5.32 Å². The Balaban J connectivity index is 2.71. The molecule has 1 aromatic carbocycles. The van der Waals surface area contributed by atoms with Gasteiger partial charge in [-0.25, -0.2) is 0 Å². The van der Waals surface area contributed by atoms with Crippen molar-refractivity contribution < 1.29 is 0 Å². The van der Waals surface area contributed by atoms with Gasteiger partial charge in [0.15, 0.2) is 0 Å². The number of benzene rings is 1. The van der Waals surface area contributed by atoms with Gasteiger partial charge in [-0.15, -0.1) is 0 Å². The van der Waals surface area contributed by atoms with Gasteiger partial charge >= 0.3 is 0 Å². The predicted molar refractivity (Wildman–Crippen MR) is 64.1 cm³/mol. The summed E-state index contributed by atoms with van der Waals surface area (Å²) in [7, 11) is 0. The van der Waals surface area contributed by atoms with Crippen LogP contribution in [0.25, 0.3) is 0 Å². The van der Waals surface area contributed by atoms with Crippen molar-refractivity contribution >= 4 is 17.3 Å². The van der Waals surface area contributed by atoms with Crippen LogP contribution in [0.1, 0.15) is 19.4 Å². The second-order valence-electron chi connectivity index (χ2n) is 4.31. The molecule has 0 fully saturated rings. The summed E-state index contributed by atoms with van der Waals surface area (Å²) in [6.07, 6.45) is 0. The van der Waals surface area contributed by atoms with E-state index in [2.05, 4.69) is 11.4 Å². The smallest absolute Gasteiger partial charge is 0.0702 e. The Labute approximate surface area is 95.9 Å². The Hall–Kier alpha value is -1.20. The van der Waals surface area contributed by atoms with Crippen LogP contribution in [0.3, 0.4) is 0 Å². The quantitative estimate of drug-likeness (QED) is 0.848. The van der Waals surface area contributed by atoms with Crippen LogP contribution in [0.5, 0.6) is 0 Å². The van der Waals surface area contributed by atoms with Crippen LogP contribution in [0.15, 0.2) is 18.2 Å². The number of nitrogens with zero attached hydrogens (tertiary/aromatic N) is 1. The summed E-state index contributed by atoms with van der Waals surface area (Å²) in [5.74, 6) is 0. The van der Waals surface area contributed by atoms with E-state index >= 15 is 0 Å². The standard InChI is InChI=1S/C12H15ClN2/c1-9-6-10(13)4-5-11(9)15-8-12(2,3)7-14/h4-6,15H,8H2,1-3H3. The molecule has 0 amide bonds. The molecule has 0 aliphatic heterocycles. The molecule has 3 heteroatoms. The maximum Gasteiger partial charge on any atom is 0.0702 e. The zero-order valence-corrected chi connectivity index (χ0v) is 10.0. The highest BCUT2D eigenvalue weighted by molar-refractivity contribution is 6.30. The fraction of sp³-hybridized carbons (Fsp3) is 0.417. The highest BCUT2D eigenvalue weighted by Gasteiger charge is 2.16. The lowest BCUT2D eigenvalue weighted by molar-refractivity contribution is 0.529. The third kappa shape index (κ3) is 3.45. The molecular weight excluding hydrogens is 208 g/mol. The molecule has 15 heavy (non-hydrogen) atoms. The zero-order chi connectivity index (χ0) is 11.5. The molecule has 0 spiro atoms. The molecule has 0 radical (unpaired) electrons. The molecule has 1 N–H and O–H groups in total. The van der Waals surface area contributed by atoms with Crippen molar-refractivity contribution in [1.82, 2.24) is 0 Å². The van der Waals surface area contributed by atoms with Gasteiger partial charge in [-0.05, 0) is 44.5 Å². The van der Waals surface area contributed by atoms with Gasteiger partial charge in [0.2, 0.25) is 0 Å². The van der Waals surface area contributed by atoms with Crippen molar-refractivity contribution in [3.05, 3.63) is 28.8 Å². The van der Waals surface area contributed by atoms with Gasteiger partial charge in [-0.3, -0.25) is 0 Å². The molecule has 0 aromatic heterocycles. The molecule has 2 nitrogen and oxygen atoms in total. The van der Waals surface area contributed by atoms with Crippen molar-refractivity contribution in [2.75, 3.05) is 11.9 Å². The van der Waals surface area contributed by atoms with Crippen LogP contribution in [0, 0.1) is 23.7 Å². The van der Waals surface area contributed by atoms with E-state index in [9.17, 15) is 0 Å². The number of halogens is 1. The molecule has 0 saturated carbocycles. The van der Waals surface area contributed by atoms with Crippen molar-refractivity contribution in [2.45, 2.75) is 20.8 Å². The number of nitrogens with one attached hydrogen (secondary N) is 1. The first-order valence-electron chi connectivity index (χ1n) is 4.86. The fourth-order valence-corrected chi connectivity index (χ4v) is 1.41. The molecule has 1 aromatic rings. The first-order valence-corrected chi connectivity index (χ1v) is 5.24. The normalized spacial score (nSPS) is 10.9. The van der Waals surface area contributed by atoms with Crippen LogP contribution in [-0.4, -0.2) is 6.54 Å². The fourth-order valence-electron chi connectivity index (χ4n) is 1.18. The van der Waals surface area contributed by atoms with Crippen LogP contribution in [-0.2, 0) is 0 Å². The first-order chi connectivity index (χ1) is 6.94. The van der Waals surface area contributed by atoms with E-state index in [4.69, 9.17) is 16.9 Å². The van der Waals surface area contributed by atoms with Gasteiger partial charge in [-0.2, -0.15) is 5.26 Å². The Morgan fingerprint density at radius 2 is 2.13 bits per heavy atom. The lowest BCUT2D eigenvalue weighted by atomic mass is 9.96. The van der Waals surface area contributed by atoms with Crippen LogP contribution < -0.4 is 5.32 Å². The molecule has 0 aliphatic rings. The lowest BCUT2D eigenvalue weighted by Crippen LogP contribution is -2.21. The largest absolute Gasteiger partial charge is 0.383 e. The van der Waals surface area contributed by atoms with Crippen LogP contribution >= 0.6 is 11.6 Å². The van der Waals surface area contributed by atoms with Gasteiger partial charge in [0.05, 0.1) is 11.5 Å². The Kier molecular flexibility index (Phi) is 3.60. The van der Waals surface area contributed by atoms with Crippen LogP contribution in [0.2, 0.25) is 5.02 Å². The van der Waals surface area contributed by atoms with Crippen molar-refractivity contribution in [3.63, 3.8) is 0 Å². The number of rotatable bonds is 3. The van der Waals surface area contributed by atoms with Crippen molar-refractivity contribution in [3.8, 4) is 6.07 Å². The third-order valence-electron chi connectivity index (χ3n) is 2.21. The molecular formula is C12H15ClN2. The second kappa shape index (κ2) is 4.55. The summed E-state index contributed by atoms with van der Waals surface area (Å²) >= 11 is 5.85. The third-order valence-corrected chi connectivity index (χ3v) is 2.45. The number of hydrogen-bond donors (Lipinski definition) is 1. The first kappa shape index (κ1) is 11.9. The summed E-state index contributed by atoms with van der Waals surface area (Å²) < 4.78 is 0. The molecule has 0 saturated heterocycles. The van der Waals surface area contributed by atoms with Gasteiger partial charge in [-0.1, -0.05) is 11.6 Å². The summed E-state index contributed by atoms with van der Waals surface area (Å²) in [5.41, 5.74) is 1.77. The molecule has 0 atom stereocenters. The second-order valence-corrected chi connectivity index (χ2v) is 4.74. The van der Waals surface area contributed by atoms with E-state index in [1.165, 1.54) is 0 Å². The maximum atomic E-state index is 8.87. The SMILES string of the molecule is Cc1cc(Cl)ccc1NCC(C)(C)C#N. The predicted octanol–water partition coefficient (Wildman–Crippen LogP) is 3.61. The van der Waals surface area contributed by atoms with Crippen molar-refractivity contribution in [1.29, 1.82) is 5.26 Å². The maximum absolute atomic E-state index is 8.87. The zero-order valence-electron chi connectivity index (χ0n) is 9.26. The van der Waals surface area contributed by atoms with E-state index < -0.39 is 0 Å². The summed E-state index contributed by atoms with van der Waals surface area (Å²) in [6.45, 7) is 6.44. The topological polar surface area (TPSA) is 35.8 Å². The average Bonchev–Trinajstić information content (AvgIpc) is 2.16. The Morgan fingerprint density at radius 1 is 1.47 bits per heavy atom. The molecule has 0 aliphatic carbocycles. The summed E-state index contributed by atoms with van der Waals surface area (Å²) in [5, 5.41) is 12.9. The number of hydrogen-bond acceptors (Lipinski definition) is 2. The average molecular weight is 223 g/mol. The highest BCUT2D eigenvalue weighted by Crippen LogP contribution is 2.21. The van der Waals surface area contributed by atoms with Gasteiger partial charge in [0.1, 0.15) is 0 Å². The summed E-state index contributed by atoms with van der Waals surface area (Å²) in [6, 6.07) is 7.94. The molecule has 0 unspecified atom stereocenters. The van der Waals surface area contributed by atoms with Crippen LogP contribution in [0.4, 0.5) is 5.69 Å². The minimum Gasteiger partial charge on any atom is -0.383 e. The number of anilines is 1. The molecule has 0 bridgehead atoms. The minimum absolute atomic E-state index is 0.355. The molecule has 80 valence electrons. The van der Waals surface area contributed by atoms with Gasteiger partial charge in [0.25, 0.3) is 0 Å². The molecule has 1 rings (SSSR count). The van der Waals surface area contributed by atoms with E-state index in [0.717, 1.165) is 16.3 Å². The van der Waals surface area contributed by atoms with Gasteiger partial charge in [0, 0.05) is 17.3 Å². The van der Waals surface area contributed by atoms with Crippen molar-refractivity contribution in [2.24, 2.45) is 5.41 Å². The van der Waals surface area contributed by atoms with E-state index in [-0.39, 0.29) is 5.41 Å². The molecule has 0 heterocycles. The summed E-state index contributed by atoms with van der Waals surface area (Å²) in [4.78, 5) is 0. The lowest BCUT2D eigenvalue weighted by Gasteiger charge is -2.18.